The number of benzene rings is 3. The van der Waals surface area contributed by atoms with Gasteiger partial charge in [-0.3, -0.25) is 9.69 Å². The Morgan fingerprint density at radius 2 is 1.74 bits per heavy atom. The Hall–Kier alpha value is -3.06. The molecular formula is C27H27Cl2N5O. The highest BCUT2D eigenvalue weighted by Crippen LogP contribution is 2.31. The first-order valence-electron chi connectivity index (χ1n) is 11.6. The van der Waals surface area contributed by atoms with Gasteiger partial charge in [-0.05, 0) is 69.4 Å². The normalized spacial score (nSPS) is 18.7. The number of carbonyl (C=O) groups is 1. The summed E-state index contributed by atoms with van der Waals surface area (Å²) in [6.45, 7) is 6.27. The van der Waals surface area contributed by atoms with E-state index >= 15 is 0 Å². The van der Waals surface area contributed by atoms with Gasteiger partial charge in [0.25, 0.3) is 5.91 Å². The molecule has 1 saturated heterocycles. The molecule has 1 unspecified atom stereocenters. The maximum atomic E-state index is 13.1. The quantitative estimate of drug-likeness (QED) is 0.339. The number of imidazole rings is 1. The average Bonchev–Trinajstić information content (AvgIpc) is 3.27. The Bertz CT molecular complexity index is 1360. The average molecular weight is 508 g/mol. The fraction of sp³-hybridized carbons (Fsp3) is 0.259. The molecule has 0 radical (unpaired) electrons. The smallest absolute Gasteiger partial charge is 0.257 e. The van der Waals surface area contributed by atoms with Crippen molar-refractivity contribution in [3.63, 3.8) is 0 Å². The lowest BCUT2D eigenvalue weighted by Crippen LogP contribution is -2.55. The van der Waals surface area contributed by atoms with Gasteiger partial charge in [0.15, 0.2) is 0 Å². The SMILES string of the molecule is CC1CN(c2ccc(C(=O)Nc3ccc(Cl)c(-c4nc5ccccc5[nH]4)c3)c(Cl)c2)C[C@H](C)N1C. The summed E-state index contributed by atoms with van der Waals surface area (Å²) < 4.78 is 0. The molecule has 1 amide bonds. The molecule has 2 atom stereocenters. The summed E-state index contributed by atoms with van der Waals surface area (Å²) in [7, 11) is 2.16. The van der Waals surface area contributed by atoms with Crippen LogP contribution in [0.15, 0.2) is 60.7 Å². The van der Waals surface area contributed by atoms with E-state index in [9.17, 15) is 4.79 Å². The highest BCUT2D eigenvalue weighted by atomic mass is 35.5. The standard InChI is InChI=1S/C27H27Cl2N5O/c1-16-14-34(15-17(2)33(16)3)19-9-10-20(23(29)13-19)27(35)30-18-8-11-22(28)21(12-18)26-31-24-6-4-5-7-25(24)32-26/h4-13,16-17H,14-15H2,1-3H3,(H,30,35)(H,31,32)/t16-,17?/m0/s1. The number of rotatable bonds is 4. The number of anilines is 2. The summed E-state index contributed by atoms with van der Waals surface area (Å²) >= 11 is 13.0. The minimum Gasteiger partial charge on any atom is -0.368 e. The van der Waals surface area contributed by atoms with Gasteiger partial charge in [-0.2, -0.15) is 0 Å². The third-order valence-corrected chi connectivity index (χ3v) is 7.43. The molecule has 3 aromatic carbocycles. The lowest BCUT2D eigenvalue weighted by Gasteiger charge is -2.43. The topological polar surface area (TPSA) is 64.3 Å². The third kappa shape index (κ3) is 4.74. The summed E-state index contributed by atoms with van der Waals surface area (Å²) in [6, 6.07) is 19.6. The van der Waals surface area contributed by atoms with Crippen LogP contribution < -0.4 is 10.2 Å². The van der Waals surface area contributed by atoms with Crippen molar-refractivity contribution in [1.82, 2.24) is 14.9 Å². The molecular weight excluding hydrogens is 481 g/mol. The number of amides is 1. The van der Waals surface area contributed by atoms with Gasteiger partial charge in [-0.25, -0.2) is 4.98 Å². The summed E-state index contributed by atoms with van der Waals surface area (Å²) in [5.74, 6) is 0.366. The highest BCUT2D eigenvalue weighted by Gasteiger charge is 2.27. The van der Waals surface area contributed by atoms with Crippen LogP contribution in [-0.2, 0) is 0 Å². The number of aromatic amines is 1. The molecule has 8 heteroatoms. The largest absolute Gasteiger partial charge is 0.368 e. The minimum atomic E-state index is -0.278. The summed E-state index contributed by atoms with van der Waals surface area (Å²) in [6.07, 6.45) is 0. The molecule has 2 heterocycles. The van der Waals surface area contributed by atoms with Crippen molar-refractivity contribution < 1.29 is 4.79 Å². The summed E-state index contributed by atoms with van der Waals surface area (Å²) in [5.41, 5.74) is 4.54. The fourth-order valence-electron chi connectivity index (χ4n) is 4.56. The number of nitrogens with zero attached hydrogens (tertiary/aromatic N) is 3. The fourth-order valence-corrected chi connectivity index (χ4v) is 5.03. The number of aromatic nitrogens is 2. The monoisotopic (exact) mass is 507 g/mol. The van der Waals surface area contributed by atoms with Gasteiger partial charge in [0.05, 0.1) is 26.6 Å². The molecule has 1 aliphatic rings. The van der Waals surface area contributed by atoms with E-state index in [1.807, 2.05) is 42.5 Å². The van der Waals surface area contributed by atoms with Crippen LogP contribution in [0.2, 0.25) is 10.0 Å². The molecule has 35 heavy (non-hydrogen) atoms. The van der Waals surface area contributed by atoms with Gasteiger partial charge >= 0.3 is 0 Å². The highest BCUT2D eigenvalue weighted by molar-refractivity contribution is 6.35. The van der Waals surface area contributed by atoms with E-state index in [1.54, 1.807) is 18.2 Å². The van der Waals surface area contributed by atoms with Crippen molar-refractivity contribution in [3.05, 3.63) is 76.3 Å². The van der Waals surface area contributed by atoms with Crippen molar-refractivity contribution in [2.24, 2.45) is 0 Å². The Balaban J connectivity index is 1.36. The first-order valence-corrected chi connectivity index (χ1v) is 12.4. The molecule has 1 aromatic heterocycles. The number of likely N-dealkylation sites (N-methyl/N-ethyl adjacent to an activating group) is 1. The lowest BCUT2D eigenvalue weighted by molar-refractivity contribution is 0.102. The van der Waals surface area contributed by atoms with Gasteiger partial charge in [-0.15, -0.1) is 0 Å². The molecule has 0 bridgehead atoms. The van der Waals surface area contributed by atoms with E-state index in [0.29, 0.717) is 44.8 Å². The van der Waals surface area contributed by atoms with Crippen molar-refractivity contribution >= 4 is 51.5 Å². The van der Waals surface area contributed by atoms with E-state index in [1.165, 1.54) is 0 Å². The second-order valence-electron chi connectivity index (χ2n) is 9.18. The third-order valence-electron chi connectivity index (χ3n) is 6.79. The zero-order valence-electron chi connectivity index (χ0n) is 19.8. The van der Waals surface area contributed by atoms with E-state index < -0.39 is 0 Å². The van der Waals surface area contributed by atoms with Crippen molar-refractivity contribution in [2.45, 2.75) is 25.9 Å². The molecule has 1 aliphatic heterocycles. The first kappa shape index (κ1) is 23.7. The van der Waals surface area contributed by atoms with Crippen molar-refractivity contribution in [2.75, 3.05) is 30.4 Å². The molecule has 0 aliphatic carbocycles. The van der Waals surface area contributed by atoms with Crippen LogP contribution in [0.5, 0.6) is 0 Å². The van der Waals surface area contributed by atoms with Crippen LogP contribution >= 0.6 is 23.2 Å². The number of piperazine rings is 1. The number of nitrogens with one attached hydrogen (secondary N) is 2. The van der Waals surface area contributed by atoms with Crippen LogP contribution in [0.4, 0.5) is 11.4 Å². The van der Waals surface area contributed by atoms with E-state index in [2.05, 4.69) is 46.0 Å². The number of halogens is 2. The van der Waals surface area contributed by atoms with Gasteiger partial charge in [0.2, 0.25) is 0 Å². The second kappa shape index (κ2) is 9.53. The number of H-pyrrole nitrogens is 1. The minimum absolute atomic E-state index is 0.278. The molecule has 180 valence electrons. The van der Waals surface area contributed by atoms with Crippen LogP contribution in [0.25, 0.3) is 22.4 Å². The summed E-state index contributed by atoms with van der Waals surface area (Å²) in [4.78, 5) is 25.7. The molecule has 4 aromatic rings. The molecule has 1 fully saturated rings. The van der Waals surface area contributed by atoms with Gasteiger partial charge in [0, 0.05) is 42.1 Å². The maximum Gasteiger partial charge on any atom is 0.257 e. The number of fused-ring (bicyclic) bond motifs is 1. The zero-order chi connectivity index (χ0) is 24.7. The molecule has 2 N–H and O–H groups in total. The van der Waals surface area contributed by atoms with Crippen molar-refractivity contribution in [3.8, 4) is 11.4 Å². The van der Waals surface area contributed by atoms with Gasteiger partial charge in [0.1, 0.15) is 5.82 Å². The zero-order valence-corrected chi connectivity index (χ0v) is 21.4. The molecule has 6 nitrogen and oxygen atoms in total. The molecule has 5 rings (SSSR count). The van der Waals surface area contributed by atoms with Crippen molar-refractivity contribution in [1.29, 1.82) is 0 Å². The maximum absolute atomic E-state index is 13.1. The van der Waals surface area contributed by atoms with E-state index in [0.717, 1.165) is 29.8 Å². The van der Waals surface area contributed by atoms with Crippen LogP contribution in [0.3, 0.4) is 0 Å². The first-order chi connectivity index (χ1) is 16.8. The predicted molar refractivity (Wildman–Crippen MR) is 145 cm³/mol. The Morgan fingerprint density at radius 3 is 2.46 bits per heavy atom. The number of hydrogen-bond acceptors (Lipinski definition) is 4. The van der Waals surface area contributed by atoms with Crippen LogP contribution in [0, 0.1) is 0 Å². The van der Waals surface area contributed by atoms with Crippen LogP contribution in [-0.4, -0.2) is 53.0 Å². The van der Waals surface area contributed by atoms with Crippen LogP contribution in [0.1, 0.15) is 24.2 Å². The molecule has 0 spiro atoms. The predicted octanol–water partition coefficient (Wildman–Crippen LogP) is 6.32. The Labute approximate surface area is 214 Å². The Kier molecular flexibility index (Phi) is 6.45. The van der Waals surface area contributed by atoms with Gasteiger partial charge < -0.3 is 15.2 Å². The second-order valence-corrected chi connectivity index (χ2v) is 10.00. The van der Waals surface area contributed by atoms with E-state index in [4.69, 9.17) is 23.2 Å². The molecule has 0 saturated carbocycles. The Morgan fingerprint density at radius 1 is 1.00 bits per heavy atom. The lowest BCUT2D eigenvalue weighted by atomic mass is 10.1. The number of para-hydroxylation sites is 2. The summed E-state index contributed by atoms with van der Waals surface area (Å²) in [5, 5.41) is 3.91. The van der Waals surface area contributed by atoms with E-state index in [-0.39, 0.29) is 5.91 Å². The van der Waals surface area contributed by atoms with Gasteiger partial charge in [-0.1, -0.05) is 35.3 Å². The number of hydrogen-bond donors (Lipinski definition) is 2. The number of carbonyl (C=O) groups excluding carboxylic acids is 1.